The van der Waals surface area contributed by atoms with Crippen molar-refractivity contribution in [2.75, 3.05) is 20.8 Å². The van der Waals surface area contributed by atoms with Crippen molar-refractivity contribution in [1.29, 1.82) is 0 Å². The fraction of sp³-hybridized carbons (Fsp3) is 0.222. The van der Waals surface area contributed by atoms with E-state index in [2.05, 4.69) is 4.99 Å². The lowest BCUT2D eigenvalue weighted by Gasteiger charge is -2.25. The van der Waals surface area contributed by atoms with Crippen molar-refractivity contribution in [3.05, 3.63) is 96.7 Å². The Bertz CT molecular complexity index is 1480. The van der Waals surface area contributed by atoms with E-state index >= 15 is 0 Å². The van der Waals surface area contributed by atoms with Crippen LogP contribution in [0.3, 0.4) is 0 Å². The highest BCUT2D eigenvalue weighted by atomic mass is 32.1. The number of ether oxygens (including phenoxy) is 3. The molecule has 0 saturated heterocycles. The fourth-order valence-corrected chi connectivity index (χ4v) is 4.95. The Balaban J connectivity index is 1.89. The normalized spacial score (nSPS) is 15.7. The molecule has 0 radical (unpaired) electrons. The van der Waals surface area contributed by atoms with Crippen molar-refractivity contribution in [2.45, 2.75) is 19.9 Å². The molecule has 0 aliphatic carbocycles. The van der Waals surface area contributed by atoms with Gasteiger partial charge in [-0.3, -0.25) is 9.36 Å². The minimum atomic E-state index is -0.717. The van der Waals surface area contributed by atoms with Gasteiger partial charge in [0.25, 0.3) is 5.56 Å². The quantitative estimate of drug-likeness (QED) is 0.474. The first kappa shape index (κ1) is 24.2. The third-order valence-electron chi connectivity index (χ3n) is 5.58. The third kappa shape index (κ3) is 4.83. The van der Waals surface area contributed by atoms with E-state index in [4.69, 9.17) is 14.2 Å². The van der Waals surface area contributed by atoms with Crippen molar-refractivity contribution in [2.24, 2.45) is 4.99 Å². The second-order valence-corrected chi connectivity index (χ2v) is 8.72. The van der Waals surface area contributed by atoms with Gasteiger partial charge in [0.15, 0.2) is 16.3 Å². The number of fused-ring (bicyclic) bond motifs is 1. The number of carbonyl (C=O) groups excluding carboxylic acids is 1. The molecule has 1 aliphatic rings. The number of rotatable bonds is 7. The first-order valence-corrected chi connectivity index (χ1v) is 11.9. The number of nitrogens with zero attached hydrogens (tertiary/aromatic N) is 2. The summed E-state index contributed by atoms with van der Waals surface area (Å²) < 4.78 is 18.2. The molecule has 0 amide bonds. The highest BCUT2D eigenvalue weighted by Gasteiger charge is 2.33. The topological polar surface area (TPSA) is 79.1 Å². The highest BCUT2D eigenvalue weighted by molar-refractivity contribution is 7.07. The molecule has 2 heterocycles. The molecule has 35 heavy (non-hydrogen) atoms. The van der Waals surface area contributed by atoms with Crippen LogP contribution in [-0.4, -0.2) is 31.4 Å². The van der Waals surface area contributed by atoms with E-state index in [1.165, 1.54) is 11.3 Å². The average molecular weight is 491 g/mol. The summed E-state index contributed by atoms with van der Waals surface area (Å²) in [6.07, 6.45) is 5.54. The Hall–Kier alpha value is -3.91. The summed E-state index contributed by atoms with van der Waals surface area (Å²) in [6, 6.07) is 14.5. The first-order valence-electron chi connectivity index (χ1n) is 11.1. The molecule has 7 nitrogen and oxygen atoms in total. The zero-order valence-electron chi connectivity index (χ0n) is 20.0. The summed E-state index contributed by atoms with van der Waals surface area (Å²) in [4.78, 5) is 31.7. The number of methoxy groups -OCH3 is 2. The molecule has 1 aromatic heterocycles. The maximum Gasteiger partial charge on any atom is 0.338 e. The van der Waals surface area contributed by atoms with E-state index in [0.29, 0.717) is 37.7 Å². The molecular formula is C27H26N2O5S. The molecule has 0 spiro atoms. The van der Waals surface area contributed by atoms with Gasteiger partial charge in [-0.2, -0.15) is 0 Å². The lowest BCUT2D eigenvalue weighted by molar-refractivity contribution is -0.139. The van der Waals surface area contributed by atoms with Gasteiger partial charge in [0.1, 0.15) is 0 Å². The van der Waals surface area contributed by atoms with Crippen LogP contribution in [0.4, 0.5) is 0 Å². The molecule has 1 atom stereocenters. The van der Waals surface area contributed by atoms with Crippen LogP contribution in [0.25, 0.3) is 12.2 Å². The monoisotopic (exact) mass is 490 g/mol. The molecule has 0 saturated carbocycles. The predicted octanol–water partition coefficient (Wildman–Crippen LogP) is 3.48. The molecule has 1 aliphatic heterocycles. The van der Waals surface area contributed by atoms with Gasteiger partial charge in [0.05, 0.1) is 42.7 Å². The molecule has 0 N–H and O–H groups in total. The van der Waals surface area contributed by atoms with Gasteiger partial charge in [-0.1, -0.05) is 59.9 Å². The predicted molar refractivity (Wildman–Crippen MR) is 136 cm³/mol. The highest BCUT2D eigenvalue weighted by Crippen LogP contribution is 2.36. The number of carbonyl (C=O) groups is 1. The zero-order chi connectivity index (χ0) is 24.9. The SMILES string of the molecule is CCOC(=O)C1=C(C)N=c2s/c(=C\C=C\c3ccccc3)c(=O)n2[C@H]1c1ccc(OC)c(OC)c1. The molecule has 180 valence electrons. The van der Waals surface area contributed by atoms with Crippen molar-refractivity contribution >= 4 is 29.5 Å². The zero-order valence-corrected chi connectivity index (χ0v) is 20.8. The fourth-order valence-electron chi connectivity index (χ4n) is 3.95. The standard InChI is InChI=1S/C27H26N2O5S/c1-5-34-26(31)23-17(2)28-27-29(24(23)19-14-15-20(32-3)21(16-19)33-4)25(30)22(35-27)13-9-12-18-10-7-6-8-11-18/h6-16,24H,5H2,1-4H3/b12-9+,22-13-/t24-/m0/s1. The number of thiazole rings is 1. The second kappa shape index (κ2) is 10.6. The van der Waals surface area contributed by atoms with Crippen molar-refractivity contribution in [1.82, 2.24) is 4.57 Å². The Morgan fingerprint density at radius 2 is 1.86 bits per heavy atom. The lowest BCUT2D eigenvalue weighted by Crippen LogP contribution is -2.39. The maximum atomic E-state index is 13.6. The van der Waals surface area contributed by atoms with Crippen molar-refractivity contribution in [3.8, 4) is 11.5 Å². The smallest absolute Gasteiger partial charge is 0.338 e. The van der Waals surface area contributed by atoms with Crippen molar-refractivity contribution in [3.63, 3.8) is 0 Å². The van der Waals surface area contributed by atoms with Gasteiger partial charge < -0.3 is 14.2 Å². The van der Waals surface area contributed by atoms with Gasteiger partial charge in [-0.15, -0.1) is 0 Å². The van der Waals surface area contributed by atoms with Crippen LogP contribution in [0.15, 0.2) is 75.7 Å². The van der Waals surface area contributed by atoms with Crippen LogP contribution in [0.1, 0.15) is 31.0 Å². The van der Waals surface area contributed by atoms with Crippen molar-refractivity contribution < 1.29 is 19.0 Å². The van der Waals surface area contributed by atoms with Crippen LogP contribution in [0.5, 0.6) is 11.5 Å². The molecule has 0 unspecified atom stereocenters. The van der Waals surface area contributed by atoms with Crippen LogP contribution in [0, 0.1) is 0 Å². The Kier molecular flexibility index (Phi) is 7.31. The molecule has 0 bridgehead atoms. The largest absolute Gasteiger partial charge is 0.493 e. The van der Waals surface area contributed by atoms with E-state index in [-0.39, 0.29) is 12.2 Å². The van der Waals surface area contributed by atoms with Gasteiger partial charge in [0.2, 0.25) is 0 Å². The van der Waals surface area contributed by atoms with E-state index in [0.717, 1.165) is 5.56 Å². The number of hydrogen-bond donors (Lipinski definition) is 0. The van der Waals surface area contributed by atoms with E-state index in [9.17, 15) is 9.59 Å². The average Bonchev–Trinajstić information content (AvgIpc) is 3.18. The van der Waals surface area contributed by atoms with Gasteiger partial charge in [-0.25, -0.2) is 9.79 Å². The first-order chi connectivity index (χ1) is 17.0. The molecular weight excluding hydrogens is 464 g/mol. The minimum Gasteiger partial charge on any atom is -0.493 e. The summed E-state index contributed by atoms with van der Waals surface area (Å²) in [5, 5.41) is 0. The Morgan fingerprint density at radius 1 is 1.11 bits per heavy atom. The van der Waals surface area contributed by atoms with E-state index in [1.807, 2.05) is 48.6 Å². The number of allylic oxidation sites excluding steroid dienone is 2. The van der Waals surface area contributed by atoms with Crippen LogP contribution >= 0.6 is 11.3 Å². The summed E-state index contributed by atoms with van der Waals surface area (Å²) in [6.45, 7) is 3.71. The summed E-state index contributed by atoms with van der Waals surface area (Å²) in [7, 11) is 3.09. The third-order valence-corrected chi connectivity index (χ3v) is 6.58. The second-order valence-electron chi connectivity index (χ2n) is 7.71. The number of benzene rings is 2. The number of esters is 1. The molecule has 8 heteroatoms. The van der Waals surface area contributed by atoms with Gasteiger partial charge in [-0.05, 0) is 43.2 Å². The van der Waals surface area contributed by atoms with Gasteiger partial charge >= 0.3 is 5.97 Å². The summed E-state index contributed by atoms with van der Waals surface area (Å²) in [5.41, 5.74) is 2.31. The molecule has 2 aromatic carbocycles. The van der Waals surface area contributed by atoms with Crippen LogP contribution in [-0.2, 0) is 9.53 Å². The van der Waals surface area contributed by atoms with E-state index in [1.54, 1.807) is 50.8 Å². The summed E-state index contributed by atoms with van der Waals surface area (Å²) >= 11 is 1.28. The van der Waals surface area contributed by atoms with Crippen LogP contribution in [0.2, 0.25) is 0 Å². The molecule has 4 rings (SSSR count). The Morgan fingerprint density at radius 3 is 2.54 bits per heavy atom. The van der Waals surface area contributed by atoms with E-state index < -0.39 is 12.0 Å². The summed E-state index contributed by atoms with van der Waals surface area (Å²) in [5.74, 6) is 0.538. The van der Waals surface area contributed by atoms with Crippen LogP contribution < -0.4 is 24.4 Å². The number of aromatic nitrogens is 1. The number of hydrogen-bond acceptors (Lipinski definition) is 7. The molecule has 3 aromatic rings. The van der Waals surface area contributed by atoms with Gasteiger partial charge in [0, 0.05) is 0 Å². The minimum absolute atomic E-state index is 0.211. The lowest BCUT2D eigenvalue weighted by atomic mass is 9.95. The maximum absolute atomic E-state index is 13.6. The molecule has 0 fully saturated rings. The Labute approximate surface area is 206 Å².